The molecule has 6 aromatic carbocycles. The summed E-state index contributed by atoms with van der Waals surface area (Å²) in [5.41, 5.74) is 9.85. The molecule has 0 saturated carbocycles. The second-order valence-electron chi connectivity index (χ2n) is 12.4. The Hall–Kier alpha value is -7.14. The van der Waals surface area contributed by atoms with E-state index in [1.165, 1.54) is 0 Å². The Kier molecular flexibility index (Phi) is 10.3. The minimum atomic E-state index is 0.230. The largest absolute Gasteiger partial charge is 0.334 e. The fourth-order valence-corrected chi connectivity index (χ4v) is 6.44. The number of allylic oxidation sites excluding steroid dienone is 2. The first-order chi connectivity index (χ1) is 25.7. The summed E-state index contributed by atoms with van der Waals surface area (Å²) < 4.78 is 0. The topological polar surface area (TPSA) is 54.1 Å². The lowest BCUT2D eigenvalue weighted by Gasteiger charge is -2.32. The Morgan fingerprint density at radius 3 is 1.35 bits per heavy atom. The van der Waals surface area contributed by atoms with Crippen molar-refractivity contribution < 1.29 is 0 Å². The highest BCUT2D eigenvalue weighted by atomic mass is 15.2. The molecule has 7 rings (SSSR count). The lowest BCUT2D eigenvalue weighted by atomic mass is 9.97. The van der Waals surface area contributed by atoms with E-state index in [0.717, 1.165) is 46.0 Å². The first-order valence-electron chi connectivity index (χ1n) is 17.3. The van der Waals surface area contributed by atoms with Crippen molar-refractivity contribution >= 4 is 52.7 Å². The summed E-state index contributed by atoms with van der Waals surface area (Å²) in [6, 6.07) is 56.2. The molecule has 1 atom stereocenters. The minimum absolute atomic E-state index is 0.230. The maximum absolute atomic E-state index is 10.1. The van der Waals surface area contributed by atoms with Crippen LogP contribution in [0.4, 0.5) is 28.4 Å². The minimum Gasteiger partial charge on any atom is -0.334 e. The molecular weight excluding hydrogens is 633 g/mol. The normalized spacial score (nSPS) is 13.5. The number of nitriles is 2. The fourth-order valence-electron chi connectivity index (χ4n) is 6.44. The Morgan fingerprint density at radius 1 is 0.481 bits per heavy atom. The van der Waals surface area contributed by atoms with Gasteiger partial charge < -0.3 is 9.80 Å². The summed E-state index contributed by atoms with van der Waals surface area (Å²) in [4.78, 5) is 4.57. The van der Waals surface area contributed by atoms with Gasteiger partial charge in [-0.2, -0.15) is 10.5 Å². The molecule has 4 nitrogen and oxygen atoms in total. The zero-order valence-corrected chi connectivity index (χ0v) is 28.6. The van der Waals surface area contributed by atoms with Gasteiger partial charge in [0.15, 0.2) is 0 Å². The summed E-state index contributed by atoms with van der Waals surface area (Å²) in [7, 11) is 0. The molecule has 1 unspecified atom stereocenters. The van der Waals surface area contributed by atoms with Crippen molar-refractivity contribution in [1.82, 2.24) is 0 Å². The van der Waals surface area contributed by atoms with Gasteiger partial charge in [0.1, 0.15) is 0 Å². The van der Waals surface area contributed by atoms with Gasteiger partial charge >= 0.3 is 0 Å². The zero-order valence-electron chi connectivity index (χ0n) is 28.6. The predicted octanol–water partition coefficient (Wildman–Crippen LogP) is 12.3. The van der Waals surface area contributed by atoms with Crippen LogP contribution >= 0.6 is 0 Å². The van der Waals surface area contributed by atoms with E-state index in [-0.39, 0.29) is 6.04 Å². The molecule has 0 amide bonds. The number of nitrogens with zero attached hydrogens (tertiary/aromatic N) is 4. The van der Waals surface area contributed by atoms with E-state index >= 15 is 0 Å². The van der Waals surface area contributed by atoms with Crippen molar-refractivity contribution in [3.8, 4) is 12.1 Å². The Morgan fingerprint density at radius 2 is 0.904 bits per heavy atom. The maximum atomic E-state index is 10.1. The van der Waals surface area contributed by atoms with Crippen LogP contribution in [0.3, 0.4) is 0 Å². The molecule has 0 aliphatic heterocycles. The standard InChI is InChI=1S/C48H36N4/c49-35-41-34-40(28-22-38-25-31-48(32-26-38)52(45-17-9-3-10-18-45)46-19-11-4-12-20-46)42(36-50)33-39(41)27-21-37-23-29-47(30-24-37)51(43-13-5-1-6-14-43)44-15-7-2-8-16-44/h1-19,21-34,46H,20H2/b27-21+,28-22+. The summed E-state index contributed by atoms with van der Waals surface area (Å²) in [6.45, 7) is 0. The van der Waals surface area contributed by atoms with E-state index < -0.39 is 0 Å². The van der Waals surface area contributed by atoms with E-state index in [9.17, 15) is 10.5 Å². The van der Waals surface area contributed by atoms with Crippen LogP contribution in [-0.2, 0) is 0 Å². The van der Waals surface area contributed by atoms with Gasteiger partial charge in [0.25, 0.3) is 0 Å². The van der Waals surface area contributed by atoms with Crippen LogP contribution in [0.1, 0.15) is 39.8 Å². The molecule has 1 aliphatic carbocycles. The summed E-state index contributed by atoms with van der Waals surface area (Å²) >= 11 is 0. The number of para-hydroxylation sites is 3. The van der Waals surface area contributed by atoms with Crippen molar-refractivity contribution in [2.75, 3.05) is 9.80 Å². The number of benzene rings is 6. The molecular formula is C48H36N4. The highest BCUT2D eigenvalue weighted by Gasteiger charge is 2.18. The second-order valence-corrected chi connectivity index (χ2v) is 12.4. The van der Waals surface area contributed by atoms with E-state index in [1.54, 1.807) is 12.1 Å². The smallest absolute Gasteiger partial charge is 0.0998 e. The predicted molar refractivity (Wildman–Crippen MR) is 217 cm³/mol. The average molecular weight is 669 g/mol. The maximum Gasteiger partial charge on any atom is 0.0998 e. The number of hydrogen-bond acceptors (Lipinski definition) is 4. The third kappa shape index (κ3) is 7.68. The molecule has 0 bridgehead atoms. The molecule has 4 heteroatoms. The van der Waals surface area contributed by atoms with Crippen molar-refractivity contribution in [2.24, 2.45) is 0 Å². The molecule has 0 heterocycles. The second kappa shape index (κ2) is 16.0. The van der Waals surface area contributed by atoms with Crippen LogP contribution in [0, 0.1) is 22.7 Å². The van der Waals surface area contributed by atoms with Crippen molar-refractivity contribution in [3.63, 3.8) is 0 Å². The third-order valence-electron chi connectivity index (χ3n) is 9.05. The SMILES string of the molecule is N#Cc1cc(/C=C/c2ccc(N(c3ccccc3)C3C=CC=CC3)cc2)c(C#N)cc1/C=C/c1ccc(N(c2ccccc2)c2ccccc2)cc1. The lowest BCUT2D eigenvalue weighted by molar-refractivity contribution is 0.785. The molecule has 1 aliphatic rings. The molecule has 6 aromatic rings. The quantitative estimate of drug-likeness (QED) is 0.136. The summed E-state index contributed by atoms with van der Waals surface area (Å²) in [5.74, 6) is 0. The molecule has 0 spiro atoms. The van der Waals surface area contributed by atoms with Crippen LogP contribution in [0.25, 0.3) is 24.3 Å². The number of rotatable bonds is 10. The Bertz CT molecular complexity index is 2280. The van der Waals surface area contributed by atoms with E-state index in [4.69, 9.17) is 0 Å². The van der Waals surface area contributed by atoms with Crippen molar-refractivity contribution in [2.45, 2.75) is 12.5 Å². The van der Waals surface area contributed by atoms with Gasteiger partial charge in [0.05, 0.1) is 29.3 Å². The van der Waals surface area contributed by atoms with Crippen molar-refractivity contribution in [3.05, 3.63) is 209 Å². The van der Waals surface area contributed by atoms with Crippen LogP contribution < -0.4 is 9.80 Å². The third-order valence-corrected chi connectivity index (χ3v) is 9.05. The first-order valence-corrected chi connectivity index (χ1v) is 17.3. The molecule has 0 radical (unpaired) electrons. The monoisotopic (exact) mass is 668 g/mol. The molecule has 0 aromatic heterocycles. The van der Waals surface area contributed by atoms with E-state index in [0.29, 0.717) is 22.3 Å². The summed E-state index contributed by atoms with van der Waals surface area (Å²) in [6.07, 6.45) is 17.4. The van der Waals surface area contributed by atoms with Gasteiger partial charge in [0, 0.05) is 28.4 Å². The zero-order chi connectivity index (χ0) is 35.5. The average Bonchev–Trinajstić information content (AvgIpc) is 3.22. The van der Waals surface area contributed by atoms with Crippen LogP contribution in [-0.4, -0.2) is 6.04 Å². The number of anilines is 5. The fraction of sp³-hybridized carbons (Fsp3) is 0.0417. The summed E-state index contributed by atoms with van der Waals surface area (Å²) in [5, 5.41) is 20.2. The molecule has 52 heavy (non-hydrogen) atoms. The van der Waals surface area contributed by atoms with Crippen LogP contribution in [0.5, 0.6) is 0 Å². The molecule has 0 fully saturated rings. The van der Waals surface area contributed by atoms with Crippen molar-refractivity contribution in [1.29, 1.82) is 10.5 Å². The molecule has 248 valence electrons. The van der Waals surface area contributed by atoms with Gasteiger partial charge in [0.2, 0.25) is 0 Å². The Balaban J connectivity index is 1.10. The van der Waals surface area contributed by atoms with Gasteiger partial charge in [-0.3, -0.25) is 0 Å². The van der Waals surface area contributed by atoms with Gasteiger partial charge in [-0.05, 0) is 101 Å². The highest BCUT2D eigenvalue weighted by molar-refractivity contribution is 5.81. The van der Waals surface area contributed by atoms with Gasteiger partial charge in [-0.15, -0.1) is 0 Å². The number of hydrogen-bond donors (Lipinski definition) is 0. The first kappa shape index (κ1) is 33.4. The lowest BCUT2D eigenvalue weighted by Crippen LogP contribution is -2.29. The van der Waals surface area contributed by atoms with Crippen LogP contribution in [0.15, 0.2) is 176 Å². The van der Waals surface area contributed by atoms with E-state index in [1.807, 2.05) is 66.8 Å². The van der Waals surface area contributed by atoms with Gasteiger partial charge in [-0.25, -0.2) is 0 Å². The Labute approximate surface area is 306 Å². The molecule has 0 saturated heterocycles. The highest BCUT2D eigenvalue weighted by Crippen LogP contribution is 2.35. The van der Waals surface area contributed by atoms with E-state index in [2.05, 4.69) is 143 Å². The molecule has 0 N–H and O–H groups in total. The van der Waals surface area contributed by atoms with Crippen LogP contribution in [0.2, 0.25) is 0 Å². The van der Waals surface area contributed by atoms with Gasteiger partial charge in [-0.1, -0.05) is 127 Å².